The highest BCUT2D eigenvalue weighted by molar-refractivity contribution is 7.89. The molecule has 4 aliphatic rings. The number of sulfonamides is 1. The lowest BCUT2D eigenvalue weighted by molar-refractivity contribution is -0.125. The first-order valence-electron chi connectivity index (χ1n) is 10.1. The summed E-state index contributed by atoms with van der Waals surface area (Å²) in [7, 11) is -3.67. The SMILES string of the molecule is C[C@@H](NC(=O)CCc1ccc(S(N)(=O)=O)cc1)C12CC3CC(CC(C3)C1)C2. The number of carbonyl (C=O) groups excluding carboxylic acids is 1. The minimum atomic E-state index is -3.67. The standard InChI is InChI=1S/C21H30N2O3S/c1-14(21-11-16-8-17(12-21)10-18(9-16)13-21)23-20(24)7-4-15-2-5-19(6-3-15)27(22,25)26/h2-3,5-6,14,16-18H,4,7-13H2,1H3,(H,23,24)(H2,22,25,26)/t14-,16?,17?,18?,21?/m1/s1. The summed E-state index contributed by atoms with van der Waals surface area (Å²) in [6.45, 7) is 2.20. The largest absolute Gasteiger partial charge is 0.353 e. The number of hydrogen-bond acceptors (Lipinski definition) is 3. The van der Waals surface area contributed by atoms with Crippen LogP contribution in [0.1, 0.15) is 57.4 Å². The van der Waals surface area contributed by atoms with Gasteiger partial charge in [0.1, 0.15) is 0 Å². The van der Waals surface area contributed by atoms with Gasteiger partial charge in [-0.25, -0.2) is 13.6 Å². The van der Waals surface area contributed by atoms with Crippen LogP contribution in [0.5, 0.6) is 0 Å². The van der Waals surface area contributed by atoms with Crippen LogP contribution in [0.2, 0.25) is 0 Å². The Labute approximate surface area is 162 Å². The van der Waals surface area contributed by atoms with Gasteiger partial charge in [0, 0.05) is 12.5 Å². The van der Waals surface area contributed by atoms with Crippen LogP contribution in [-0.2, 0) is 21.2 Å². The Bertz CT molecular complexity index is 781. The average Bonchev–Trinajstić information content (AvgIpc) is 2.58. The van der Waals surface area contributed by atoms with Gasteiger partial charge in [-0.15, -0.1) is 0 Å². The first-order chi connectivity index (χ1) is 12.7. The first kappa shape index (κ1) is 18.9. The molecule has 0 spiro atoms. The molecule has 0 aromatic heterocycles. The quantitative estimate of drug-likeness (QED) is 0.782. The zero-order chi connectivity index (χ0) is 19.2. The number of carbonyl (C=O) groups is 1. The zero-order valence-electron chi connectivity index (χ0n) is 16.0. The van der Waals surface area contributed by atoms with Crippen molar-refractivity contribution in [1.82, 2.24) is 5.32 Å². The van der Waals surface area contributed by atoms with Crippen molar-refractivity contribution in [2.24, 2.45) is 28.3 Å². The van der Waals surface area contributed by atoms with Gasteiger partial charge in [0.25, 0.3) is 0 Å². The van der Waals surface area contributed by atoms with E-state index in [4.69, 9.17) is 5.14 Å². The summed E-state index contributed by atoms with van der Waals surface area (Å²) in [5.74, 6) is 2.74. The second-order valence-corrected chi connectivity index (χ2v) is 10.8. The predicted octanol–water partition coefficient (Wildman–Crippen LogP) is 2.99. The molecule has 27 heavy (non-hydrogen) atoms. The molecule has 4 saturated carbocycles. The number of nitrogens with two attached hydrogens (primary N) is 1. The molecule has 1 amide bonds. The van der Waals surface area contributed by atoms with Gasteiger partial charge in [0.2, 0.25) is 15.9 Å². The molecule has 3 N–H and O–H groups in total. The molecule has 1 aromatic rings. The Balaban J connectivity index is 1.32. The molecule has 1 aromatic carbocycles. The Morgan fingerprint density at radius 2 is 1.63 bits per heavy atom. The summed E-state index contributed by atoms with van der Waals surface area (Å²) in [4.78, 5) is 12.6. The van der Waals surface area contributed by atoms with Gasteiger partial charge in [-0.1, -0.05) is 12.1 Å². The topological polar surface area (TPSA) is 89.3 Å². The van der Waals surface area contributed by atoms with Crippen molar-refractivity contribution in [2.45, 2.75) is 69.2 Å². The molecule has 5 nitrogen and oxygen atoms in total. The summed E-state index contributed by atoms with van der Waals surface area (Å²) < 4.78 is 22.6. The molecule has 0 radical (unpaired) electrons. The van der Waals surface area contributed by atoms with Crippen molar-refractivity contribution in [3.05, 3.63) is 29.8 Å². The molecule has 4 bridgehead atoms. The van der Waals surface area contributed by atoms with Crippen molar-refractivity contribution in [1.29, 1.82) is 0 Å². The Morgan fingerprint density at radius 3 is 2.11 bits per heavy atom. The maximum Gasteiger partial charge on any atom is 0.238 e. The van der Waals surface area contributed by atoms with Crippen molar-refractivity contribution < 1.29 is 13.2 Å². The summed E-state index contributed by atoms with van der Waals surface area (Å²) in [6.07, 6.45) is 9.12. The van der Waals surface area contributed by atoms with Crippen LogP contribution in [0.15, 0.2) is 29.2 Å². The van der Waals surface area contributed by atoms with E-state index in [1.165, 1.54) is 50.7 Å². The zero-order valence-corrected chi connectivity index (χ0v) is 16.8. The number of hydrogen-bond donors (Lipinski definition) is 2. The fourth-order valence-corrected chi connectivity index (χ4v) is 6.79. The molecule has 4 aliphatic carbocycles. The molecule has 6 heteroatoms. The van der Waals surface area contributed by atoms with E-state index in [0.717, 1.165) is 23.3 Å². The van der Waals surface area contributed by atoms with E-state index in [-0.39, 0.29) is 16.8 Å². The monoisotopic (exact) mass is 390 g/mol. The number of amides is 1. The van der Waals surface area contributed by atoms with E-state index < -0.39 is 10.0 Å². The second kappa shape index (κ2) is 6.89. The molecule has 0 unspecified atom stereocenters. The highest BCUT2D eigenvalue weighted by Gasteiger charge is 2.53. The molecule has 0 saturated heterocycles. The van der Waals surface area contributed by atoms with Crippen molar-refractivity contribution in [3.8, 4) is 0 Å². The average molecular weight is 391 g/mol. The molecular formula is C21H30N2O3S. The summed E-state index contributed by atoms with van der Waals surface area (Å²) in [5.41, 5.74) is 1.27. The van der Waals surface area contributed by atoms with E-state index in [9.17, 15) is 13.2 Å². The molecule has 1 atom stereocenters. The molecular weight excluding hydrogens is 360 g/mol. The van der Waals surface area contributed by atoms with Crippen molar-refractivity contribution in [2.75, 3.05) is 0 Å². The lowest BCUT2D eigenvalue weighted by Crippen LogP contribution is -2.55. The van der Waals surface area contributed by atoms with Crippen LogP contribution in [0, 0.1) is 23.2 Å². The lowest BCUT2D eigenvalue weighted by Gasteiger charge is -2.59. The Kier molecular flexibility index (Phi) is 4.83. The summed E-state index contributed by atoms with van der Waals surface area (Å²) in [5, 5.41) is 8.40. The van der Waals surface area contributed by atoms with Crippen LogP contribution >= 0.6 is 0 Å². The van der Waals surface area contributed by atoms with Crippen LogP contribution in [0.4, 0.5) is 0 Å². The lowest BCUT2D eigenvalue weighted by atomic mass is 9.48. The molecule has 5 rings (SSSR count). The maximum atomic E-state index is 12.5. The van der Waals surface area contributed by atoms with Gasteiger partial charge >= 0.3 is 0 Å². The van der Waals surface area contributed by atoms with Crippen molar-refractivity contribution >= 4 is 15.9 Å². The molecule has 4 fully saturated rings. The second-order valence-electron chi connectivity index (χ2n) is 9.26. The Hall–Kier alpha value is -1.40. The van der Waals surface area contributed by atoms with Crippen LogP contribution in [0.25, 0.3) is 0 Å². The fraction of sp³-hybridized carbons (Fsp3) is 0.667. The Morgan fingerprint density at radius 1 is 1.11 bits per heavy atom. The number of nitrogens with one attached hydrogen (secondary N) is 1. The number of benzene rings is 1. The van der Waals surface area contributed by atoms with Crippen LogP contribution < -0.4 is 10.5 Å². The summed E-state index contributed by atoms with van der Waals surface area (Å²) in [6, 6.07) is 6.70. The van der Waals surface area contributed by atoms with Crippen LogP contribution in [0.3, 0.4) is 0 Å². The fourth-order valence-electron chi connectivity index (χ4n) is 6.28. The highest BCUT2D eigenvalue weighted by Crippen LogP contribution is 2.61. The van der Waals surface area contributed by atoms with E-state index in [1.54, 1.807) is 12.1 Å². The van der Waals surface area contributed by atoms with Crippen molar-refractivity contribution in [3.63, 3.8) is 0 Å². The first-order valence-corrected chi connectivity index (χ1v) is 11.7. The normalized spacial score (nSPS) is 33.0. The number of primary sulfonamides is 1. The van der Waals surface area contributed by atoms with E-state index in [2.05, 4.69) is 12.2 Å². The third-order valence-corrected chi connectivity index (χ3v) is 8.20. The van der Waals surface area contributed by atoms with Gasteiger partial charge in [0.05, 0.1) is 4.90 Å². The van der Waals surface area contributed by atoms with Gasteiger partial charge in [-0.2, -0.15) is 0 Å². The summed E-state index contributed by atoms with van der Waals surface area (Å²) >= 11 is 0. The molecule has 0 heterocycles. The molecule has 148 valence electrons. The number of aryl methyl sites for hydroxylation is 1. The third kappa shape index (κ3) is 3.92. The molecule has 0 aliphatic heterocycles. The van der Waals surface area contributed by atoms with Gasteiger partial charge in [0.15, 0.2) is 0 Å². The minimum Gasteiger partial charge on any atom is -0.353 e. The smallest absolute Gasteiger partial charge is 0.238 e. The maximum absolute atomic E-state index is 12.5. The van der Waals surface area contributed by atoms with Gasteiger partial charge in [-0.3, -0.25) is 4.79 Å². The third-order valence-electron chi connectivity index (χ3n) is 7.27. The van der Waals surface area contributed by atoms with Crippen LogP contribution in [-0.4, -0.2) is 20.4 Å². The van der Waals surface area contributed by atoms with E-state index >= 15 is 0 Å². The van der Waals surface area contributed by atoms with E-state index in [0.29, 0.717) is 18.3 Å². The van der Waals surface area contributed by atoms with Gasteiger partial charge in [-0.05, 0) is 92.7 Å². The van der Waals surface area contributed by atoms with Gasteiger partial charge < -0.3 is 5.32 Å². The number of rotatable bonds is 6. The predicted molar refractivity (Wildman–Crippen MR) is 104 cm³/mol. The highest BCUT2D eigenvalue weighted by atomic mass is 32.2. The van der Waals surface area contributed by atoms with E-state index in [1.807, 2.05) is 0 Å². The minimum absolute atomic E-state index is 0.0915.